The molecule has 0 amide bonds. The number of aromatic nitrogens is 4. The Morgan fingerprint density at radius 1 is 1.45 bits per heavy atom. The van der Waals surface area contributed by atoms with Crippen LogP contribution in [0.4, 0.5) is 0 Å². The monoisotopic (exact) mass is 316 g/mol. The van der Waals surface area contributed by atoms with Crippen molar-refractivity contribution in [3.05, 3.63) is 11.5 Å². The minimum Gasteiger partial charge on any atom is -0.305 e. The van der Waals surface area contributed by atoms with Crippen LogP contribution in [0.1, 0.15) is 24.9 Å². The molecule has 3 heterocycles. The average Bonchev–Trinajstić information content (AvgIpc) is 2.94. The Labute approximate surface area is 122 Å². The van der Waals surface area contributed by atoms with Gasteiger partial charge in [-0.25, -0.2) is 13.4 Å². The van der Waals surface area contributed by atoms with Gasteiger partial charge in [-0.15, -0.1) is 11.6 Å². The molecule has 8 heteroatoms. The molecule has 1 fully saturated rings. The molecule has 2 aromatic heterocycles. The zero-order chi connectivity index (χ0) is 14.7. The molecule has 0 aliphatic carbocycles. The summed E-state index contributed by atoms with van der Waals surface area (Å²) in [5, 5.41) is 4.37. The van der Waals surface area contributed by atoms with Gasteiger partial charge in [0.05, 0.1) is 28.6 Å². The highest BCUT2D eigenvalue weighted by atomic mass is 35.5. The second kappa shape index (κ2) is 4.21. The van der Waals surface area contributed by atoms with E-state index in [1.807, 2.05) is 25.5 Å². The van der Waals surface area contributed by atoms with Crippen molar-refractivity contribution in [2.75, 3.05) is 11.5 Å². The van der Waals surface area contributed by atoms with Crippen LogP contribution in [0.25, 0.3) is 11.2 Å². The molecule has 0 bridgehead atoms. The molecule has 0 aromatic carbocycles. The van der Waals surface area contributed by atoms with E-state index in [9.17, 15) is 8.42 Å². The lowest BCUT2D eigenvalue weighted by Gasteiger charge is -2.27. The summed E-state index contributed by atoms with van der Waals surface area (Å²) in [6, 6.07) is 0. The third-order valence-electron chi connectivity index (χ3n) is 4.01. The van der Waals surface area contributed by atoms with E-state index in [4.69, 9.17) is 11.6 Å². The van der Waals surface area contributed by atoms with Crippen LogP contribution in [0.3, 0.4) is 0 Å². The Balaban J connectivity index is 2.30. The van der Waals surface area contributed by atoms with Gasteiger partial charge >= 0.3 is 0 Å². The summed E-state index contributed by atoms with van der Waals surface area (Å²) in [6.45, 7) is 3.85. The maximum absolute atomic E-state index is 11.9. The molecular formula is C12H17ClN4O2S. The van der Waals surface area contributed by atoms with Crippen molar-refractivity contribution in [2.45, 2.75) is 31.7 Å². The van der Waals surface area contributed by atoms with E-state index < -0.39 is 15.4 Å². The van der Waals surface area contributed by atoms with Crippen LogP contribution >= 0.6 is 11.6 Å². The molecule has 0 saturated carbocycles. The van der Waals surface area contributed by atoms with Crippen LogP contribution in [0.2, 0.25) is 0 Å². The van der Waals surface area contributed by atoms with Crippen LogP contribution in [-0.4, -0.2) is 39.3 Å². The van der Waals surface area contributed by atoms with Crippen LogP contribution in [0.15, 0.2) is 0 Å². The first-order valence-corrected chi connectivity index (χ1v) is 8.81. The molecule has 0 N–H and O–H groups in total. The SMILES string of the molecule is Cc1nn(C)c2c1nc(CCl)n2C1(C)CCS(=O)(=O)C1. The van der Waals surface area contributed by atoms with Gasteiger partial charge in [-0.2, -0.15) is 5.10 Å². The van der Waals surface area contributed by atoms with Crippen LogP contribution in [0.5, 0.6) is 0 Å². The van der Waals surface area contributed by atoms with E-state index in [0.29, 0.717) is 12.2 Å². The van der Waals surface area contributed by atoms with Crippen molar-refractivity contribution in [1.82, 2.24) is 19.3 Å². The highest BCUT2D eigenvalue weighted by Crippen LogP contribution is 2.35. The van der Waals surface area contributed by atoms with Crippen molar-refractivity contribution in [3.8, 4) is 0 Å². The fourth-order valence-corrected chi connectivity index (χ4v) is 5.44. The van der Waals surface area contributed by atoms with E-state index >= 15 is 0 Å². The number of nitrogens with zero attached hydrogens (tertiary/aromatic N) is 4. The smallest absolute Gasteiger partial charge is 0.159 e. The van der Waals surface area contributed by atoms with Gasteiger partial charge in [0.25, 0.3) is 0 Å². The molecule has 1 aliphatic heterocycles. The molecule has 1 atom stereocenters. The summed E-state index contributed by atoms with van der Waals surface area (Å²) in [7, 11) is -1.16. The lowest BCUT2D eigenvalue weighted by Crippen LogP contribution is -2.33. The first-order chi connectivity index (χ1) is 9.27. The second-order valence-corrected chi connectivity index (χ2v) is 8.17. The van der Waals surface area contributed by atoms with Gasteiger partial charge in [-0.05, 0) is 20.3 Å². The highest BCUT2D eigenvalue weighted by molar-refractivity contribution is 7.91. The number of rotatable bonds is 2. The number of hydrogen-bond donors (Lipinski definition) is 0. The summed E-state index contributed by atoms with van der Waals surface area (Å²) in [5.74, 6) is 1.29. The average molecular weight is 317 g/mol. The molecule has 0 radical (unpaired) electrons. The summed E-state index contributed by atoms with van der Waals surface area (Å²) >= 11 is 6.01. The normalized spacial score (nSPS) is 25.6. The molecule has 1 unspecified atom stereocenters. The number of hydrogen-bond acceptors (Lipinski definition) is 4. The van der Waals surface area contributed by atoms with Crippen molar-refractivity contribution in [1.29, 1.82) is 0 Å². The summed E-state index contributed by atoms with van der Waals surface area (Å²) in [4.78, 5) is 4.54. The van der Waals surface area contributed by atoms with E-state index in [2.05, 4.69) is 10.1 Å². The Morgan fingerprint density at radius 3 is 2.70 bits per heavy atom. The molecule has 20 heavy (non-hydrogen) atoms. The molecule has 0 spiro atoms. The molecule has 1 saturated heterocycles. The van der Waals surface area contributed by atoms with Gasteiger partial charge in [-0.3, -0.25) is 4.68 Å². The number of fused-ring (bicyclic) bond motifs is 1. The van der Waals surface area contributed by atoms with Crippen LogP contribution in [-0.2, 0) is 28.3 Å². The molecular weight excluding hydrogens is 300 g/mol. The Bertz CT molecular complexity index is 792. The largest absolute Gasteiger partial charge is 0.305 e. The van der Waals surface area contributed by atoms with Gasteiger partial charge in [0, 0.05) is 7.05 Å². The van der Waals surface area contributed by atoms with Gasteiger partial charge in [0.15, 0.2) is 15.5 Å². The first kappa shape index (κ1) is 13.9. The number of halogens is 1. The summed E-state index contributed by atoms with van der Waals surface area (Å²) < 4.78 is 27.5. The van der Waals surface area contributed by atoms with E-state index in [0.717, 1.165) is 16.9 Å². The number of imidazole rings is 1. The topological polar surface area (TPSA) is 69.8 Å². The molecule has 1 aliphatic rings. The number of aryl methyl sites for hydroxylation is 2. The molecule has 6 nitrogen and oxygen atoms in total. The summed E-state index contributed by atoms with van der Waals surface area (Å²) in [5.41, 5.74) is 1.97. The zero-order valence-electron chi connectivity index (χ0n) is 11.7. The minimum absolute atomic E-state index is 0.125. The van der Waals surface area contributed by atoms with Crippen molar-refractivity contribution in [3.63, 3.8) is 0 Å². The standard InChI is InChI=1S/C12H17ClN4O2S/c1-8-10-11(16(3)15-8)17(9(6-13)14-10)12(2)4-5-20(18,19)7-12/h4-7H2,1-3H3. The molecule has 3 rings (SSSR count). The van der Waals surface area contributed by atoms with E-state index in [1.54, 1.807) is 4.68 Å². The second-order valence-electron chi connectivity index (χ2n) is 5.72. The first-order valence-electron chi connectivity index (χ1n) is 6.45. The number of alkyl halides is 1. The summed E-state index contributed by atoms with van der Waals surface area (Å²) in [6.07, 6.45) is 0.578. The maximum Gasteiger partial charge on any atom is 0.159 e. The van der Waals surface area contributed by atoms with Crippen LogP contribution in [0, 0.1) is 6.92 Å². The minimum atomic E-state index is -3.00. The van der Waals surface area contributed by atoms with Crippen molar-refractivity contribution >= 4 is 32.6 Å². The van der Waals surface area contributed by atoms with Gasteiger partial charge < -0.3 is 4.57 Å². The third-order valence-corrected chi connectivity index (χ3v) is 6.14. The fourth-order valence-electron chi connectivity index (χ4n) is 3.14. The highest BCUT2D eigenvalue weighted by Gasteiger charge is 2.42. The Hall–Kier alpha value is -1.08. The molecule has 110 valence electrons. The molecule has 2 aromatic rings. The quantitative estimate of drug-likeness (QED) is 0.784. The predicted molar refractivity (Wildman–Crippen MR) is 77.7 cm³/mol. The Morgan fingerprint density at radius 2 is 2.15 bits per heavy atom. The number of sulfone groups is 1. The van der Waals surface area contributed by atoms with Crippen molar-refractivity contribution in [2.24, 2.45) is 7.05 Å². The van der Waals surface area contributed by atoms with E-state index in [1.165, 1.54) is 0 Å². The van der Waals surface area contributed by atoms with E-state index in [-0.39, 0.29) is 17.4 Å². The lowest BCUT2D eigenvalue weighted by atomic mass is 10.0. The zero-order valence-corrected chi connectivity index (χ0v) is 13.3. The van der Waals surface area contributed by atoms with Gasteiger partial charge in [0.1, 0.15) is 11.3 Å². The van der Waals surface area contributed by atoms with Gasteiger partial charge in [0.2, 0.25) is 0 Å². The van der Waals surface area contributed by atoms with Crippen molar-refractivity contribution < 1.29 is 8.42 Å². The fraction of sp³-hybridized carbons (Fsp3) is 0.667. The maximum atomic E-state index is 11.9. The predicted octanol–water partition coefficient (Wildman–Crippen LogP) is 1.35. The lowest BCUT2D eigenvalue weighted by molar-refractivity contribution is 0.361. The van der Waals surface area contributed by atoms with Gasteiger partial charge in [-0.1, -0.05) is 0 Å². The van der Waals surface area contributed by atoms with Crippen LogP contribution < -0.4 is 0 Å². The third kappa shape index (κ3) is 1.87. The Kier molecular flexibility index (Phi) is 2.92.